The van der Waals surface area contributed by atoms with E-state index in [9.17, 15) is 15.2 Å². The summed E-state index contributed by atoms with van der Waals surface area (Å²) < 4.78 is 5.55. The Morgan fingerprint density at radius 2 is 2.21 bits per heavy atom. The topological polar surface area (TPSA) is 85.5 Å². The third-order valence-corrected chi connectivity index (χ3v) is 2.61. The zero-order valence-corrected chi connectivity index (χ0v) is 10.2. The van der Waals surface area contributed by atoms with Crippen molar-refractivity contribution in [3.05, 3.63) is 57.8 Å². The number of non-ortho nitro benzene ring substituents is 1. The van der Waals surface area contributed by atoms with E-state index in [0.29, 0.717) is 11.3 Å². The summed E-state index contributed by atoms with van der Waals surface area (Å²) in [6.07, 6.45) is 1.53. The number of rotatable bonds is 4. The molecule has 0 aliphatic carbocycles. The SMILES string of the molecule is Cc1ccc([N+](=O)[O-])cc1Oc1ncccc1CO. The molecule has 0 atom stereocenters. The first-order chi connectivity index (χ1) is 9.11. The summed E-state index contributed by atoms with van der Waals surface area (Å²) in [4.78, 5) is 14.3. The molecule has 0 unspecified atom stereocenters. The maximum Gasteiger partial charge on any atom is 0.273 e. The Kier molecular flexibility index (Phi) is 3.72. The van der Waals surface area contributed by atoms with E-state index < -0.39 is 4.92 Å². The van der Waals surface area contributed by atoms with Crippen LogP contribution in [0.5, 0.6) is 11.6 Å². The predicted octanol–water partition coefficient (Wildman–Crippen LogP) is 2.58. The van der Waals surface area contributed by atoms with E-state index in [-0.39, 0.29) is 18.2 Å². The number of aromatic nitrogens is 1. The highest BCUT2D eigenvalue weighted by atomic mass is 16.6. The number of aliphatic hydroxyl groups excluding tert-OH is 1. The molecule has 0 aliphatic heterocycles. The maximum absolute atomic E-state index is 10.7. The Balaban J connectivity index is 2.37. The summed E-state index contributed by atoms with van der Waals surface area (Å²) in [7, 11) is 0. The molecule has 0 saturated carbocycles. The Hall–Kier alpha value is -2.47. The number of hydrogen-bond acceptors (Lipinski definition) is 5. The number of nitrogens with zero attached hydrogens (tertiary/aromatic N) is 2. The zero-order valence-electron chi connectivity index (χ0n) is 10.2. The van der Waals surface area contributed by atoms with Crippen molar-refractivity contribution in [3.8, 4) is 11.6 Å². The third-order valence-electron chi connectivity index (χ3n) is 2.61. The number of nitro groups is 1. The van der Waals surface area contributed by atoms with Crippen molar-refractivity contribution < 1.29 is 14.8 Å². The second kappa shape index (κ2) is 5.45. The number of aryl methyl sites for hydroxylation is 1. The minimum absolute atomic E-state index is 0.0536. The quantitative estimate of drug-likeness (QED) is 0.674. The van der Waals surface area contributed by atoms with E-state index in [0.717, 1.165) is 5.56 Å². The van der Waals surface area contributed by atoms with E-state index in [1.165, 1.54) is 18.3 Å². The van der Waals surface area contributed by atoms with Crippen molar-refractivity contribution >= 4 is 5.69 Å². The predicted molar refractivity (Wildman–Crippen MR) is 68.1 cm³/mol. The van der Waals surface area contributed by atoms with Crippen LogP contribution in [0, 0.1) is 17.0 Å². The highest BCUT2D eigenvalue weighted by Crippen LogP contribution is 2.29. The van der Waals surface area contributed by atoms with E-state index in [2.05, 4.69) is 4.98 Å². The minimum atomic E-state index is -0.488. The fourth-order valence-corrected chi connectivity index (χ4v) is 1.55. The lowest BCUT2D eigenvalue weighted by atomic mass is 10.2. The first-order valence-corrected chi connectivity index (χ1v) is 5.59. The molecule has 1 heterocycles. The number of benzene rings is 1. The molecule has 1 aromatic carbocycles. The van der Waals surface area contributed by atoms with Crippen LogP contribution in [0.2, 0.25) is 0 Å². The van der Waals surface area contributed by atoms with Crippen molar-refractivity contribution in [1.82, 2.24) is 4.98 Å². The van der Waals surface area contributed by atoms with Gasteiger partial charge in [0.15, 0.2) is 0 Å². The molecule has 0 spiro atoms. The van der Waals surface area contributed by atoms with Gasteiger partial charge >= 0.3 is 0 Å². The monoisotopic (exact) mass is 260 g/mol. The number of nitro benzene ring substituents is 1. The lowest BCUT2D eigenvalue weighted by Gasteiger charge is -2.10. The zero-order chi connectivity index (χ0) is 13.8. The van der Waals surface area contributed by atoms with Gasteiger partial charge in [0.2, 0.25) is 5.88 Å². The van der Waals surface area contributed by atoms with Gasteiger partial charge in [0.05, 0.1) is 17.6 Å². The molecule has 2 rings (SSSR count). The first kappa shape index (κ1) is 13.0. The van der Waals surface area contributed by atoms with Gasteiger partial charge in [-0.15, -0.1) is 0 Å². The van der Waals surface area contributed by atoms with Crippen molar-refractivity contribution in [3.63, 3.8) is 0 Å². The van der Waals surface area contributed by atoms with Gasteiger partial charge in [0.1, 0.15) is 5.75 Å². The summed E-state index contributed by atoms with van der Waals surface area (Å²) in [5.41, 5.74) is 1.22. The Labute approximate surface area is 109 Å². The minimum Gasteiger partial charge on any atom is -0.438 e. The molecular weight excluding hydrogens is 248 g/mol. The molecule has 6 nitrogen and oxygen atoms in total. The van der Waals surface area contributed by atoms with Crippen LogP contribution in [0.4, 0.5) is 5.69 Å². The van der Waals surface area contributed by atoms with Gasteiger partial charge < -0.3 is 9.84 Å². The van der Waals surface area contributed by atoms with Crippen molar-refractivity contribution in [2.75, 3.05) is 0 Å². The summed E-state index contributed by atoms with van der Waals surface area (Å²) in [6, 6.07) is 7.71. The highest BCUT2D eigenvalue weighted by molar-refractivity contribution is 5.45. The van der Waals surface area contributed by atoms with Crippen LogP contribution in [-0.4, -0.2) is 15.0 Å². The van der Waals surface area contributed by atoms with Gasteiger partial charge in [-0.2, -0.15) is 0 Å². The van der Waals surface area contributed by atoms with Crippen LogP contribution in [0.1, 0.15) is 11.1 Å². The van der Waals surface area contributed by atoms with Crippen molar-refractivity contribution in [1.29, 1.82) is 0 Å². The smallest absolute Gasteiger partial charge is 0.273 e. The summed E-state index contributed by atoms with van der Waals surface area (Å²) in [5, 5.41) is 19.9. The Morgan fingerprint density at radius 3 is 2.89 bits per heavy atom. The molecule has 19 heavy (non-hydrogen) atoms. The van der Waals surface area contributed by atoms with Gasteiger partial charge in [-0.1, -0.05) is 0 Å². The normalized spacial score (nSPS) is 10.2. The van der Waals surface area contributed by atoms with Crippen LogP contribution < -0.4 is 4.74 Å². The Morgan fingerprint density at radius 1 is 1.42 bits per heavy atom. The van der Waals surface area contributed by atoms with Crippen LogP contribution in [0.3, 0.4) is 0 Å². The fourth-order valence-electron chi connectivity index (χ4n) is 1.55. The molecule has 0 saturated heterocycles. The average molecular weight is 260 g/mol. The summed E-state index contributed by atoms with van der Waals surface area (Å²) >= 11 is 0. The largest absolute Gasteiger partial charge is 0.438 e. The van der Waals surface area contributed by atoms with Crippen molar-refractivity contribution in [2.24, 2.45) is 0 Å². The molecule has 6 heteroatoms. The number of aliphatic hydroxyl groups is 1. The molecule has 98 valence electrons. The standard InChI is InChI=1S/C13H12N2O4/c1-9-4-5-11(15(17)18)7-12(9)19-13-10(8-16)3-2-6-14-13/h2-7,16H,8H2,1H3. The number of ether oxygens (including phenoxy) is 1. The highest BCUT2D eigenvalue weighted by Gasteiger charge is 2.12. The second-order valence-corrected chi connectivity index (χ2v) is 3.93. The lowest BCUT2D eigenvalue weighted by Crippen LogP contribution is -1.97. The number of hydrogen-bond donors (Lipinski definition) is 1. The van der Waals surface area contributed by atoms with Crippen LogP contribution in [-0.2, 0) is 6.61 Å². The van der Waals surface area contributed by atoms with E-state index in [1.54, 1.807) is 25.1 Å². The summed E-state index contributed by atoms with van der Waals surface area (Å²) in [5.74, 6) is 0.594. The Bertz CT molecular complexity index is 613. The van der Waals surface area contributed by atoms with Gasteiger partial charge in [-0.25, -0.2) is 4.98 Å². The van der Waals surface area contributed by atoms with Gasteiger partial charge in [0, 0.05) is 17.8 Å². The maximum atomic E-state index is 10.7. The first-order valence-electron chi connectivity index (χ1n) is 5.59. The van der Waals surface area contributed by atoms with E-state index in [1.807, 2.05) is 0 Å². The fraction of sp³-hybridized carbons (Fsp3) is 0.154. The summed E-state index contributed by atoms with van der Waals surface area (Å²) in [6.45, 7) is 1.57. The molecule has 0 radical (unpaired) electrons. The van der Waals surface area contributed by atoms with Crippen LogP contribution >= 0.6 is 0 Å². The third kappa shape index (κ3) is 2.86. The molecule has 1 aromatic heterocycles. The van der Waals surface area contributed by atoms with Gasteiger partial charge in [0.25, 0.3) is 5.69 Å². The molecule has 0 bridgehead atoms. The molecule has 0 amide bonds. The lowest BCUT2D eigenvalue weighted by molar-refractivity contribution is -0.384. The molecule has 0 fully saturated rings. The van der Waals surface area contributed by atoms with E-state index in [4.69, 9.17) is 4.74 Å². The van der Waals surface area contributed by atoms with E-state index >= 15 is 0 Å². The van der Waals surface area contributed by atoms with Gasteiger partial charge in [-0.3, -0.25) is 10.1 Å². The molecular formula is C13H12N2O4. The molecule has 1 N–H and O–H groups in total. The molecule has 0 aliphatic rings. The average Bonchev–Trinajstić information content (AvgIpc) is 2.41. The van der Waals surface area contributed by atoms with Crippen LogP contribution in [0.15, 0.2) is 36.5 Å². The van der Waals surface area contributed by atoms with Gasteiger partial charge in [-0.05, 0) is 30.7 Å². The molecule has 2 aromatic rings. The van der Waals surface area contributed by atoms with Crippen LogP contribution in [0.25, 0.3) is 0 Å². The second-order valence-electron chi connectivity index (χ2n) is 3.93. The number of pyridine rings is 1. The van der Waals surface area contributed by atoms with Crippen molar-refractivity contribution in [2.45, 2.75) is 13.5 Å².